The Hall–Kier alpha value is -0.850. The lowest BCUT2D eigenvalue weighted by Gasteiger charge is -2.10. The number of hydrogen-bond acceptors (Lipinski definition) is 0. The van der Waals surface area contributed by atoms with Crippen molar-refractivity contribution in [2.45, 2.75) is 316 Å². The first-order valence-corrected chi connectivity index (χ1v) is 26.3. The zero-order valence-corrected chi connectivity index (χ0v) is 38.7. The van der Waals surface area contributed by atoms with Crippen molar-refractivity contribution in [3.05, 3.63) is 29.6 Å². The predicted octanol–water partition coefficient (Wildman–Crippen LogP) is 18.9. The molecule has 1 aromatic rings. The molecule has 1 heteroatoms. The molecular weight excluding hydrogens is 663 g/mol. The van der Waals surface area contributed by atoms with Crippen LogP contribution in [0, 0.1) is 0 Å². The van der Waals surface area contributed by atoms with Crippen molar-refractivity contribution in [2.75, 3.05) is 0 Å². The second kappa shape index (κ2) is 44.3. The van der Waals surface area contributed by atoms with Gasteiger partial charge in [-0.25, -0.2) is 4.57 Å². The number of aromatic nitrogens is 1. The van der Waals surface area contributed by atoms with E-state index in [0.717, 1.165) is 0 Å². The highest BCUT2D eigenvalue weighted by Crippen LogP contribution is 2.19. The third-order valence-electron chi connectivity index (χ3n) is 12.8. The third kappa shape index (κ3) is 37.2. The molecule has 0 aliphatic rings. The lowest BCUT2D eigenvalue weighted by molar-refractivity contribution is -0.697. The van der Waals surface area contributed by atoms with Crippen LogP contribution < -0.4 is 4.57 Å². The average molecular weight is 767 g/mol. The van der Waals surface area contributed by atoms with Crippen LogP contribution in [0.1, 0.15) is 308 Å². The summed E-state index contributed by atoms with van der Waals surface area (Å²) in [4.78, 5) is 0. The Morgan fingerprint density at radius 2 is 0.509 bits per heavy atom. The van der Waals surface area contributed by atoms with E-state index in [0.29, 0.717) is 0 Å². The van der Waals surface area contributed by atoms with E-state index in [1.54, 1.807) is 11.1 Å². The van der Waals surface area contributed by atoms with Gasteiger partial charge in [-0.05, 0) is 37.7 Å². The molecule has 55 heavy (non-hydrogen) atoms. The van der Waals surface area contributed by atoms with E-state index < -0.39 is 0 Å². The largest absolute Gasteiger partial charge is 0.205 e. The highest BCUT2D eigenvalue weighted by molar-refractivity contribution is 5.21. The van der Waals surface area contributed by atoms with Gasteiger partial charge in [0, 0.05) is 18.1 Å². The van der Waals surface area contributed by atoms with Gasteiger partial charge in [0.05, 0.1) is 0 Å². The van der Waals surface area contributed by atoms with Gasteiger partial charge in [-0.1, -0.05) is 271 Å². The Kier molecular flexibility index (Phi) is 42.0. The molecule has 0 aromatic carbocycles. The quantitative estimate of drug-likeness (QED) is 0.0460. The minimum atomic E-state index is 1.21. The molecule has 1 nitrogen and oxygen atoms in total. The molecule has 0 spiro atoms. The SMILES string of the molecule is CCCCCCCCCCCCCCCCCc1cc[n+](CCCCCCCCCCCCCCC)cc1CCCCCCCCCCCCCCCCC. The predicted molar refractivity (Wildman–Crippen MR) is 250 cm³/mol. The second-order valence-corrected chi connectivity index (χ2v) is 18.4. The molecule has 0 aliphatic carbocycles. The van der Waals surface area contributed by atoms with Crippen LogP contribution in [0.3, 0.4) is 0 Å². The van der Waals surface area contributed by atoms with Crippen LogP contribution >= 0.6 is 0 Å². The van der Waals surface area contributed by atoms with E-state index in [1.165, 1.54) is 295 Å². The molecule has 0 N–H and O–H groups in total. The van der Waals surface area contributed by atoms with Crippen LogP contribution in [0.25, 0.3) is 0 Å². The van der Waals surface area contributed by atoms with Crippen molar-refractivity contribution in [1.29, 1.82) is 0 Å². The Bertz CT molecular complexity index is 859. The molecule has 0 atom stereocenters. The lowest BCUT2D eigenvalue weighted by Crippen LogP contribution is -2.34. The number of pyridine rings is 1. The zero-order valence-electron chi connectivity index (χ0n) is 38.7. The second-order valence-electron chi connectivity index (χ2n) is 18.4. The Morgan fingerprint density at radius 1 is 0.273 bits per heavy atom. The summed E-state index contributed by atoms with van der Waals surface area (Å²) in [5, 5.41) is 0. The van der Waals surface area contributed by atoms with Gasteiger partial charge in [0.25, 0.3) is 0 Å². The molecule has 1 aromatic heterocycles. The van der Waals surface area contributed by atoms with Gasteiger partial charge in [0.15, 0.2) is 12.4 Å². The van der Waals surface area contributed by atoms with E-state index >= 15 is 0 Å². The van der Waals surface area contributed by atoms with E-state index in [2.05, 4.69) is 43.8 Å². The molecule has 1 heterocycles. The summed E-state index contributed by atoms with van der Waals surface area (Å²) < 4.78 is 2.55. The van der Waals surface area contributed by atoms with Gasteiger partial charge in [-0.15, -0.1) is 0 Å². The van der Waals surface area contributed by atoms with Crippen LogP contribution in [-0.2, 0) is 19.4 Å². The Balaban J connectivity index is 2.28. The van der Waals surface area contributed by atoms with Crippen molar-refractivity contribution in [1.82, 2.24) is 0 Å². The standard InChI is InChI=1S/C54H104N/c1-4-7-10-13-16-19-22-25-27-29-32-35-38-41-44-47-53-49-51-55(50-46-43-40-37-34-31-24-21-18-15-12-9-6-3)52-54(53)48-45-42-39-36-33-30-28-26-23-20-17-14-11-8-5-2/h49,51-52H,4-48,50H2,1-3H3/q+1. The smallest absolute Gasteiger partial charge is 0.172 e. The normalized spacial score (nSPS) is 11.6. The van der Waals surface area contributed by atoms with Crippen molar-refractivity contribution in [3.8, 4) is 0 Å². The van der Waals surface area contributed by atoms with Crippen molar-refractivity contribution in [2.24, 2.45) is 0 Å². The zero-order chi connectivity index (χ0) is 39.4. The summed E-state index contributed by atoms with van der Waals surface area (Å²) in [6.45, 7) is 8.16. The maximum Gasteiger partial charge on any atom is 0.172 e. The first-order chi connectivity index (χ1) is 27.3. The maximum atomic E-state index is 2.57. The van der Waals surface area contributed by atoms with Crippen LogP contribution in [0.15, 0.2) is 18.5 Å². The van der Waals surface area contributed by atoms with Crippen LogP contribution in [0.4, 0.5) is 0 Å². The van der Waals surface area contributed by atoms with Gasteiger partial charge in [-0.2, -0.15) is 0 Å². The van der Waals surface area contributed by atoms with Gasteiger partial charge in [0.2, 0.25) is 0 Å². The summed E-state index contributed by atoms with van der Waals surface area (Å²) in [6, 6.07) is 2.52. The highest BCUT2D eigenvalue weighted by Gasteiger charge is 2.10. The fourth-order valence-electron chi connectivity index (χ4n) is 8.91. The lowest BCUT2D eigenvalue weighted by atomic mass is 9.97. The number of nitrogens with zero attached hydrogens (tertiary/aromatic N) is 1. The highest BCUT2D eigenvalue weighted by atomic mass is 14.9. The fourth-order valence-corrected chi connectivity index (χ4v) is 8.91. The number of aryl methyl sites for hydroxylation is 3. The number of rotatable bonds is 46. The summed E-state index contributed by atoms with van der Waals surface area (Å²) >= 11 is 0. The minimum Gasteiger partial charge on any atom is -0.205 e. The van der Waals surface area contributed by atoms with Crippen LogP contribution in [0.5, 0.6) is 0 Å². The fraction of sp³-hybridized carbons (Fsp3) is 0.907. The van der Waals surface area contributed by atoms with Crippen LogP contribution in [-0.4, -0.2) is 0 Å². The first kappa shape index (κ1) is 52.2. The molecule has 0 bridgehead atoms. The van der Waals surface area contributed by atoms with Gasteiger partial charge >= 0.3 is 0 Å². The molecule has 0 unspecified atom stereocenters. The van der Waals surface area contributed by atoms with Crippen molar-refractivity contribution in [3.63, 3.8) is 0 Å². The topological polar surface area (TPSA) is 3.88 Å². The third-order valence-corrected chi connectivity index (χ3v) is 12.8. The van der Waals surface area contributed by atoms with Crippen molar-refractivity contribution >= 4 is 0 Å². The minimum absolute atomic E-state index is 1.21. The monoisotopic (exact) mass is 767 g/mol. The van der Waals surface area contributed by atoms with Gasteiger partial charge < -0.3 is 0 Å². The average Bonchev–Trinajstić information content (AvgIpc) is 3.20. The maximum absolute atomic E-state index is 2.57. The summed E-state index contributed by atoms with van der Waals surface area (Å²) in [6.07, 6.45) is 69.8. The van der Waals surface area contributed by atoms with E-state index in [1.807, 2.05) is 0 Å². The molecular formula is C54H104N+. The van der Waals surface area contributed by atoms with Crippen molar-refractivity contribution < 1.29 is 4.57 Å². The molecule has 0 saturated carbocycles. The molecule has 0 saturated heterocycles. The molecule has 0 fully saturated rings. The van der Waals surface area contributed by atoms with Gasteiger partial charge in [0.1, 0.15) is 6.54 Å². The number of unbranched alkanes of at least 4 members (excludes halogenated alkanes) is 40. The van der Waals surface area contributed by atoms with E-state index in [-0.39, 0.29) is 0 Å². The molecule has 0 aliphatic heterocycles. The summed E-state index contributed by atoms with van der Waals surface area (Å²) in [5.41, 5.74) is 3.35. The van der Waals surface area contributed by atoms with Crippen LogP contribution in [0.2, 0.25) is 0 Å². The van der Waals surface area contributed by atoms with Gasteiger partial charge in [-0.3, -0.25) is 0 Å². The summed E-state index contributed by atoms with van der Waals surface area (Å²) in [7, 11) is 0. The number of hydrogen-bond donors (Lipinski definition) is 0. The molecule has 1 rings (SSSR count). The Morgan fingerprint density at radius 3 is 0.800 bits per heavy atom. The molecule has 0 amide bonds. The van der Waals surface area contributed by atoms with E-state index in [9.17, 15) is 0 Å². The molecule has 324 valence electrons. The molecule has 0 radical (unpaired) electrons. The first-order valence-electron chi connectivity index (χ1n) is 26.3. The van der Waals surface area contributed by atoms with E-state index in [4.69, 9.17) is 0 Å². The summed E-state index contributed by atoms with van der Waals surface area (Å²) in [5.74, 6) is 0. The Labute approximate surface area is 349 Å².